The van der Waals surface area contributed by atoms with Gasteiger partial charge in [-0.15, -0.1) is 10.2 Å². The number of rotatable bonds is 6. The molecule has 1 aromatic heterocycles. The van der Waals surface area contributed by atoms with E-state index in [4.69, 9.17) is 0 Å². The van der Waals surface area contributed by atoms with Gasteiger partial charge in [-0.05, 0) is 36.8 Å². The maximum Gasteiger partial charge on any atom is 0.233 e. The fourth-order valence-corrected chi connectivity index (χ4v) is 3.26. The van der Waals surface area contributed by atoms with Crippen molar-refractivity contribution in [2.45, 2.75) is 18.6 Å². The third-order valence-corrected chi connectivity index (χ3v) is 4.84. The average molecular weight is 370 g/mol. The Kier molecular flexibility index (Phi) is 5.68. The summed E-state index contributed by atoms with van der Waals surface area (Å²) in [5, 5.41) is 8.72. The van der Waals surface area contributed by atoms with Gasteiger partial charge in [0.2, 0.25) is 5.91 Å². The van der Waals surface area contributed by atoms with Gasteiger partial charge >= 0.3 is 0 Å². The van der Waals surface area contributed by atoms with E-state index in [0.29, 0.717) is 11.7 Å². The standard InChI is InChI=1S/C19H19FN4OS/c1-14-3-9-17(10-4-14)24-13-21-22-19(24)26-12-18(25)23(2)11-15-5-7-16(20)8-6-15/h3-10,13H,11-12H2,1-2H3. The van der Waals surface area contributed by atoms with Crippen molar-refractivity contribution in [3.63, 3.8) is 0 Å². The molecule has 0 aliphatic carbocycles. The molecule has 3 aromatic rings. The summed E-state index contributed by atoms with van der Waals surface area (Å²) < 4.78 is 14.8. The lowest BCUT2D eigenvalue weighted by Gasteiger charge is -2.17. The van der Waals surface area contributed by atoms with Crippen molar-refractivity contribution in [3.05, 3.63) is 71.8 Å². The third-order valence-electron chi connectivity index (χ3n) is 3.91. The van der Waals surface area contributed by atoms with Gasteiger partial charge in [-0.25, -0.2) is 4.39 Å². The summed E-state index contributed by atoms with van der Waals surface area (Å²) in [6.07, 6.45) is 1.64. The first kappa shape index (κ1) is 18.1. The molecule has 0 saturated heterocycles. The maximum absolute atomic E-state index is 13.0. The molecule has 0 aliphatic heterocycles. The van der Waals surface area contributed by atoms with Crippen LogP contribution >= 0.6 is 11.8 Å². The molecule has 0 aliphatic rings. The first-order valence-corrected chi connectivity index (χ1v) is 9.10. The number of aryl methyl sites for hydroxylation is 1. The molecule has 1 amide bonds. The molecule has 26 heavy (non-hydrogen) atoms. The van der Waals surface area contributed by atoms with Crippen LogP contribution in [0.5, 0.6) is 0 Å². The molecule has 1 heterocycles. The Morgan fingerprint density at radius 2 is 1.85 bits per heavy atom. The maximum atomic E-state index is 13.0. The molecule has 5 nitrogen and oxygen atoms in total. The molecular weight excluding hydrogens is 351 g/mol. The summed E-state index contributed by atoms with van der Waals surface area (Å²) >= 11 is 1.34. The first-order valence-electron chi connectivity index (χ1n) is 8.11. The molecule has 0 spiro atoms. The Hall–Kier alpha value is -2.67. The highest BCUT2D eigenvalue weighted by Crippen LogP contribution is 2.20. The quantitative estimate of drug-likeness (QED) is 0.624. The highest BCUT2D eigenvalue weighted by molar-refractivity contribution is 7.99. The molecule has 0 unspecified atom stereocenters. The lowest BCUT2D eigenvalue weighted by atomic mass is 10.2. The molecule has 0 bridgehead atoms. The highest BCUT2D eigenvalue weighted by atomic mass is 32.2. The zero-order valence-corrected chi connectivity index (χ0v) is 15.4. The van der Waals surface area contributed by atoms with Crippen molar-refractivity contribution >= 4 is 17.7 Å². The number of hydrogen-bond donors (Lipinski definition) is 0. The van der Waals surface area contributed by atoms with Gasteiger partial charge in [0.1, 0.15) is 12.1 Å². The molecular formula is C19H19FN4OS. The number of nitrogens with zero attached hydrogens (tertiary/aromatic N) is 4. The number of benzene rings is 2. The van der Waals surface area contributed by atoms with E-state index in [9.17, 15) is 9.18 Å². The molecule has 2 aromatic carbocycles. The van der Waals surface area contributed by atoms with Crippen LogP contribution < -0.4 is 0 Å². The Bertz CT molecular complexity index is 877. The van der Waals surface area contributed by atoms with Crippen LogP contribution in [0.2, 0.25) is 0 Å². The van der Waals surface area contributed by atoms with Gasteiger partial charge in [-0.2, -0.15) is 0 Å². The van der Waals surface area contributed by atoms with Gasteiger partial charge < -0.3 is 4.90 Å². The number of hydrogen-bond acceptors (Lipinski definition) is 4. The number of carbonyl (C=O) groups excluding carboxylic acids is 1. The Morgan fingerprint density at radius 1 is 1.15 bits per heavy atom. The first-order chi connectivity index (χ1) is 12.5. The molecule has 3 rings (SSSR count). The molecule has 0 radical (unpaired) electrons. The van der Waals surface area contributed by atoms with E-state index in [1.54, 1.807) is 30.4 Å². The summed E-state index contributed by atoms with van der Waals surface area (Å²) in [6, 6.07) is 14.2. The zero-order valence-electron chi connectivity index (χ0n) is 14.6. The summed E-state index contributed by atoms with van der Waals surface area (Å²) in [5.74, 6) is -0.0612. The summed E-state index contributed by atoms with van der Waals surface area (Å²) in [5.41, 5.74) is 3.01. The number of amides is 1. The van der Waals surface area contributed by atoms with Crippen LogP contribution in [0.4, 0.5) is 4.39 Å². The average Bonchev–Trinajstić information content (AvgIpc) is 3.10. The van der Waals surface area contributed by atoms with Crippen molar-refractivity contribution in [1.82, 2.24) is 19.7 Å². The minimum atomic E-state index is -0.284. The van der Waals surface area contributed by atoms with E-state index >= 15 is 0 Å². The van der Waals surface area contributed by atoms with Gasteiger partial charge in [0.05, 0.1) is 5.75 Å². The third kappa shape index (κ3) is 4.49. The van der Waals surface area contributed by atoms with Crippen LogP contribution in [0.15, 0.2) is 60.0 Å². The van der Waals surface area contributed by atoms with Crippen molar-refractivity contribution in [2.75, 3.05) is 12.8 Å². The van der Waals surface area contributed by atoms with Crippen LogP contribution in [0.25, 0.3) is 5.69 Å². The van der Waals surface area contributed by atoms with Crippen molar-refractivity contribution < 1.29 is 9.18 Å². The van der Waals surface area contributed by atoms with Gasteiger partial charge in [0.15, 0.2) is 5.16 Å². The Balaban J connectivity index is 1.60. The Labute approximate surface area is 155 Å². The van der Waals surface area contributed by atoms with Crippen LogP contribution in [0.1, 0.15) is 11.1 Å². The topological polar surface area (TPSA) is 51.0 Å². The summed E-state index contributed by atoms with van der Waals surface area (Å²) in [7, 11) is 1.73. The van der Waals surface area contributed by atoms with E-state index in [0.717, 1.165) is 11.3 Å². The van der Waals surface area contributed by atoms with Crippen LogP contribution in [0, 0.1) is 12.7 Å². The van der Waals surface area contributed by atoms with Crippen molar-refractivity contribution in [3.8, 4) is 5.69 Å². The van der Waals surface area contributed by atoms with Crippen molar-refractivity contribution in [1.29, 1.82) is 0 Å². The molecule has 0 fully saturated rings. The van der Waals surface area contributed by atoms with Gasteiger partial charge in [0.25, 0.3) is 0 Å². The second-order valence-corrected chi connectivity index (χ2v) is 6.93. The Morgan fingerprint density at radius 3 is 2.54 bits per heavy atom. The fraction of sp³-hybridized carbons (Fsp3) is 0.211. The smallest absolute Gasteiger partial charge is 0.233 e. The SMILES string of the molecule is Cc1ccc(-n2cnnc2SCC(=O)N(C)Cc2ccc(F)cc2)cc1. The van der Waals surface area contributed by atoms with E-state index < -0.39 is 0 Å². The number of carbonyl (C=O) groups is 1. The van der Waals surface area contributed by atoms with E-state index in [1.807, 2.05) is 35.8 Å². The minimum absolute atomic E-state index is 0.0298. The van der Waals surface area contributed by atoms with E-state index in [2.05, 4.69) is 10.2 Å². The van der Waals surface area contributed by atoms with E-state index in [1.165, 1.54) is 29.5 Å². The van der Waals surface area contributed by atoms with Gasteiger partial charge in [-0.1, -0.05) is 41.6 Å². The minimum Gasteiger partial charge on any atom is -0.341 e. The lowest BCUT2D eigenvalue weighted by molar-refractivity contribution is -0.127. The second-order valence-electron chi connectivity index (χ2n) is 5.98. The highest BCUT2D eigenvalue weighted by Gasteiger charge is 2.13. The normalized spacial score (nSPS) is 10.7. The zero-order chi connectivity index (χ0) is 18.5. The predicted molar refractivity (Wildman–Crippen MR) is 99.7 cm³/mol. The molecule has 0 saturated carbocycles. The van der Waals surface area contributed by atoms with Gasteiger partial charge in [0, 0.05) is 19.3 Å². The predicted octanol–water partition coefficient (Wildman–Crippen LogP) is 3.47. The lowest BCUT2D eigenvalue weighted by Crippen LogP contribution is -2.27. The molecule has 0 atom stereocenters. The number of thioether (sulfide) groups is 1. The monoisotopic (exact) mass is 370 g/mol. The molecule has 0 N–H and O–H groups in total. The number of aromatic nitrogens is 3. The second kappa shape index (κ2) is 8.14. The summed E-state index contributed by atoms with van der Waals surface area (Å²) in [4.78, 5) is 14.0. The van der Waals surface area contributed by atoms with Crippen molar-refractivity contribution in [2.24, 2.45) is 0 Å². The van der Waals surface area contributed by atoms with Crippen LogP contribution in [0.3, 0.4) is 0 Å². The van der Waals surface area contributed by atoms with Crippen LogP contribution in [-0.2, 0) is 11.3 Å². The molecule has 7 heteroatoms. The van der Waals surface area contributed by atoms with E-state index in [-0.39, 0.29) is 17.5 Å². The number of halogens is 1. The molecule has 134 valence electrons. The van der Waals surface area contributed by atoms with Crippen LogP contribution in [-0.4, -0.2) is 38.4 Å². The van der Waals surface area contributed by atoms with Gasteiger partial charge in [-0.3, -0.25) is 9.36 Å². The summed E-state index contributed by atoms with van der Waals surface area (Å²) in [6.45, 7) is 2.46. The largest absolute Gasteiger partial charge is 0.341 e. The fourth-order valence-electron chi connectivity index (χ4n) is 2.39.